The minimum atomic E-state index is -0.334. The van der Waals surface area contributed by atoms with Crippen molar-refractivity contribution in [1.82, 2.24) is 9.80 Å². The van der Waals surface area contributed by atoms with Gasteiger partial charge >= 0.3 is 0 Å². The second-order valence-electron chi connectivity index (χ2n) is 6.77. The summed E-state index contributed by atoms with van der Waals surface area (Å²) in [5.74, 6) is -0.0628. The maximum atomic E-state index is 13.2. The molecule has 2 amide bonds. The predicted molar refractivity (Wildman–Crippen MR) is 114 cm³/mol. The van der Waals surface area contributed by atoms with Crippen molar-refractivity contribution < 1.29 is 18.4 Å². The molecule has 156 valence electrons. The Labute approximate surface area is 179 Å². The van der Waals surface area contributed by atoms with Crippen LogP contribution in [0.25, 0.3) is 0 Å². The smallest absolute Gasteiger partial charge is 0.242 e. The highest BCUT2D eigenvalue weighted by molar-refractivity contribution is 7.10. The predicted octanol–water partition coefficient (Wildman–Crippen LogP) is 4.27. The number of rotatable bonds is 10. The molecular weight excluding hydrogens is 403 g/mol. The van der Waals surface area contributed by atoms with Gasteiger partial charge in [-0.15, -0.1) is 17.9 Å². The first kappa shape index (κ1) is 21.5. The molecule has 0 aliphatic rings. The molecule has 30 heavy (non-hydrogen) atoms. The molecule has 3 rings (SSSR count). The second kappa shape index (κ2) is 10.5. The Balaban J connectivity index is 1.72. The van der Waals surface area contributed by atoms with Crippen molar-refractivity contribution in [2.75, 3.05) is 13.1 Å². The molecule has 0 aliphatic carbocycles. The van der Waals surface area contributed by atoms with E-state index in [2.05, 4.69) is 6.58 Å². The van der Waals surface area contributed by atoms with Crippen molar-refractivity contribution in [1.29, 1.82) is 0 Å². The lowest BCUT2D eigenvalue weighted by Crippen LogP contribution is -2.43. The molecule has 0 saturated carbocycles. The van der Waals surface area contributed by atoms with Crippen LogP contribution in [-0.4, -0.2) is 34.7 Å². The molecule has 2 heterocycles. The number of furan rings is 1. The third kappa shape index (κ3) is 6.15. The van der Waals surface area contributed by atoms with E-state index < -0.39 is 0 Å². The van der Waals surface area contributed by atoms with Crippen LogP contribution in [0.2, 0.25) is 0 Å². The molecule has 0 spiro atoms. The molecule has 7 heteroatoms. The van der Waals surface area contributed by atoms with Crippen molar-refractivity contribution in [3.63, 3.8) is 0 Å². The number of hydrogen-bond acceptors (Lipinski definition) is 4. The van der Waals surface area contributed by atoms with Crippen LogP contribution in [0.15, 0.2) is 77.2 Å². The molecule has 0 aliphatic heterocycles. The minimum absolute atomic E-state index is 0.0713. The lowest BCUT2D eigenvalue weighted by atomic mass is 10.2. The molecule has 0 N–H and O–H groups in total. The van der Waals surface area contributed by atoms with E-state index in [0.717, 1.165) is 10.4 Å². The lowest BCUT2D eigenvalue weighted by molar-refractivity contribution is -0.140. The summed E-state index contributed by atoms with van der Waals surface area (Å²) < 4.78 is 18.6. The summed E-state index contributed by atoms with van der Waals surface area (Å²) in [6.45, 7) is 4.44. The molecule has 0 saturated heterocycles. The van der Waals surface area contributed by atoms with Gasteiger partial charge in [0.2, 0.25) is 11.8 Å². The van der Waals surface area contributed by atoms with Gasteiger partial charge in [-0.1, -0.05) is 24.3 Å². The summed E-state index contributed by atoms with van der Waals surface area (Å²) in [5, 5.41) is 1.92. The molecule has 3 aromatic rings. The molecule has 0 fully saturated rings. The number of hydrogen-bond donors (Lipinski definition) is 0. The zero-order valence-electron chi connectivity index (χ0n) is 16.5. The van der Waals surface area contributed by atoms with Gasteiger partial charge in [0.05, 0.1) is 19.2 Å². The molecule has 5 nitrogen and oxygen atoms in total. The standard InChI is InChI=1S/C23H23FN2O3S/c1-2-11-25(22(27)14-21-6-4-13-30-21)17-23(28)26(16-20-5-3-12-29-20)15-18-7-9-19(24)10-8-18/h2-10,12-13H,1,11,14-17H2. The van der Waals surface area contributed by atoms with Crippen molar-refractivity contribution in [3.05, 3.63) is 94.8 Å². The average molecular weight is 427 g/mol. The number of carbonyl (C=O) groups excluding carboxylic acids is 2. The fraction of sp³-hybridized carbons (Fsp3) is 0.217. The van der Waals surface area contributed by atoms with Crippen LogP contribution in [-0.2, 0) is 29.1 Å². The Kier molecular flexibility index (Phi) is 7.57. The van der Waals surface area contributed by atoms with Crippen LogP contribution in [0.4, 0.5) is 4.39 Å². The Morgan fingerprint density at radius 1 is 1.03 bits per heavy atom. The van der Waals surface area contributed by atoms with Gasteiger partial charge in [0.1, 0.15) is 18.1 Å². The van der Waals surface area contributed by atoms with Gasteiger partial charge in [0.15, 0.2) is 0 Å². The van der Waals surface area contributed by atoms with Gasteiger partial charge in [-0.2, -0.15) is 0 Å². The van der Waals surface area contributed by atoms with Crippen molar-refractivity contribution in [2.45, 2.75) is 19.5 Å². The summed E-state index contributed by atoms with van der Waals surface area (Å²) in [5.41, 5.74) is 0.788. The monoisotopic (exact) mass is 426 g/mol. The van der Waals surface area contributed by atoms with E-state index in [4.69, 9.17) is 4.42 Å². The SMILES string of the molecule is C=CCN(CC(=O)N(Cc1ccc(F)cc1)Cc1ccco1)C(=O)Cc1cccs1. The number of halogens is 1. The number of thiophene rings is 1. The average Bonchev–Trinajstić information content (AvgIpc) is 3.43. The molecular formula is C23H23FN2O3S. The molecule has 0 unspecified atom stereocenters. The molecule has 0 atom stereocenters. The Hall–Kier alpha value is -3.19. The third-order valence-electron chi connectivity index (χ3n) is 4.50. The normalized spacial score (nSPS) is 10.6. The maximum absolute atomic E-state index is 13.2. The quantitative estimate of drug-likeness (QED) is 0.455. The minimum Gasteiger partial charge on any atom is -0.467 e. The topological polar surface area (TPSA) is 53.8 Å². The highest BCUT2D eigenvalue weighted by Gasteiger charge is 2.22. The fourth-order valence-electron chi connectivity index (χ4n) is 2.98. The van der Waals surface area contributed by atoms with Gasteiger partial charge in [0.25, 0.3) is 0 Å². The Morgan fingerprint density at radius 2 is 1.83 bits per heavy atom. The van der Waals surface area contributed by atoms with Crippen molar-refractivity contribution in [3.8, 4) is 0 Å². The zero-order chi connectivity index (χ0) is 21.3. The molecule has 2 aromatic heterocycles. The molecule has 0 radical (unpaired) electrons. The summed E-state index contributed by atoms with van der Waals surface area (Å²) in [6, 6.07) is 13.3. The van der Waals surface area contributed by atoms with Gasteiger partial charge < -0.3 is 14.2 Å². The van der Waals surface area contributed by atoms with Crippen molar-refractivity contribution in [2.24, 2.45) is 0 Å². The van der Waals surface area contributed by atoms with E-state index in [1.54, 1.807) is 41.5 Å². The maximum Gasteiger partial charge on any atom is 0.242 e. The van der Waals surface area contributed by atoms with Crippen LogP contribution in [0.1, 0.15) is 16.2 Å². The summed E-state index contributed by atoms with van der Waals surface area (Å²) >= 11 is 1.51. The Morgan fingerprint density at radius 3 is 2.47 bits per heavy atom. The van der Waals surface area contributed by atoms with Crippen molar-refractivity contribution >= 4 is 23.2 Å². The third-order valence-corrected chi connectivity index (χ3v) is 5.38. The van der Waals surface area contributed by atoms with E-state index in [9.17, 15) is 14.0 Å². The fourth-order valence-corrected chi connectivity index (χ4v) is 3.68. The number of benzene rings is 1. The van der Waals surface area contributed by atoms with Gasteiger partial charge in [-0.25, -0.2) is 4.39 Å². The van der Waals surface area contributed by atoms with E-state index in [0.29, 0.717) is 5.76 Å². The molecule has 0 bridgehead atoms. The van der Waals surface area contributed by atoms with Crippen LogP contribution in [0, 0.1) is 5.82 Å². The second-order valence-corrected chi connectivity index (χ2v) is 7.81. The zero-order valence-corrected chi connectivity index (χ0v) is 17.3. The number of amides is 2. The van der Waals surface area contributed by atoms with Gasteiger partial charge in [-0.3, -0.25) is 9.59 Å². The summed E-state index contributed by atoms with van der Waals surface area (Å²) in [7, 11) is 0. The van der Waals surface area contributed by atoms with Crippen LogP contribution in [0.3, 0.4) is 0 Å². The first-order valence-electron chi connectivity index (χ1n) is 9.51. The van der Waals surface area contributed by atoms with Gasteiger partial charge in [-0.05, 0) is 41.3 Å². The van der Waals surface area contributed by atoms with E-state index in [-0.39, 0.29) is 50.2 Å². The molecule has 1 aromatic carbocycles. The van der Waals surface area contributed by atoms with Crippen LogP contribution >= 0.6 is 11.3 Å². The summed E-state index contributed by atoms with van der Waals surface area (Å²) in [6.07, 6.45) is 3.40. The van der Waals surface area contributed by atoms with Gasteiger partial charge in [0, 0.05) is 18.0 Å². The largest absolute Gasteiger partial charge is 0.467 e. The first-order valence-corrected chi connectivity index (χ1v) is 10.4. The van der Waals surface area contributed by atoms with Crippen LogP contribution < -0.4 is 0 Å². The Bertz CT molecular complexity index is 953. The highest BCUT2D eigenvalue weighted by Crippen LogP contribution is 2.14. The first-order chi connectivity index (χ1) is 14.5. The number of carbonyl (C=O) groups is 2. The summed E-state index contributed by atoms with van der Waals surface area (Å²) in [4.78, 5) is 29.9. The number of nitrogens with zero attached hydrogens (tertiary/aromatic N) is 2. The highest BCUT2D eigenvalue weighted by atomic mass is 32.1. The van der Waals surface area contributed by atoms with Crippen LogP contribution in [0.5, 0.6) is 0 Å². The lowest BCUT2D eigenvalue weighted by Gasteiger charge is -2.27. The van der Waals surface area contributed by atoms with E-state index >= 15 is 0 Å². The van der Waals surface area contributed by atoms with E-state index in [1.165, 1.54) is 28.4 Å². The van der Waals surface area contributed by atoms with E-state index in [1.807, 2.05) is 17.5 Å².